The van der Waals surface area contributed by atoms with Gasteiger partial charge in [-0.1, -0.05) is 43.7 Å². The first-order valence-corrected chi connectivity index (χ1v) is 15.8. The van der Waals surface area contributed by atoms with Gasteiger partial charge in [-0.3, -0.25) is 19.2 Å². The summed E-state index contributed by atoms with van der Waals surface area (Å²) < 4.78 is 35.9. The van der Waals surface area contributed by atoms with Crippen molar-refractivity contribution in [2.45, 2.75) is 89.6 Å². The summed E-state index contributed by atoms with van der Waals surface area (Å²) in [7, 11) is 0. The van der Waals surface area contributed by atoms with Gasteiger partial charge in [-0.05, 0) is 76.7 Å². The highest BCUT2D eigenvalue weighted by atomic mass is 19.1. The molecule has 9 atom stereocenters. The maximum Gasteiger partial charge on any atom is 0.310 e. The third kappa shape index (κ3) is 4.58. The Balaban J connectivity index is 1.22. The lowest BCUT2D eigenvalue weighted by molar-refractivity contribution is -0.246. The Morgan fingerprint density at radius 2 is 1.84 bits per heavy atom. The van der Waals surface area contributed by atoms with E-state index in [0.717, 1.165) is 0 Å². The molecule has 10 heteroatoms. The van der Waals surface area contributed by atoms with E-state index >= 15 is 4.39 Å². The van der Waals surface area contributed by atoms with Gasteiger partial charge in [0.2, 0.25) is 5.78 Å². The van der Waals surface area contributed by atoms with Crippen LogP contribution in [0.15, 0.2) is 54.1 Å². The molecule has 1 aromatic carbocycles. The van der Waals surface area contributed by atoms with Crippen LogP contribution in [0.5, 0.6) is 0 Å². The molecule has 3 saturated carbocycles. The fourth-order valence-corrected chi connectivity index (χ4v) is 9.22. The zero-order chi connectivity index (χ0) is 32.6. The molecule has 1 aromatic rings. The van der Waals surface area contributed by atoms with E-state index in [1.54, 1.807) is 64.1 Å². The number of halogens is 1. The molecule has 0 bridgehead atoms. The number of esters is 1. The first-order valence-electron chi connectivity index (χ1n) is 15.8. The molecule has 5 aliphatic rings. The lowest BCUT2D eigenvalue weighted by atomic mass is 9.44. The molecule has 0 spiro atoms. The second-order valence-corrected chi connectivity index (χ2v) is 14.4. The van der Waals surface area contributed by atoms with Crippen molar-refractivity contribution >= 4 is 23.4 Å². The predicted octanol–water partition coefficient (Wildman–Crippen LogP) is 4.04. The molecule has 1 saturated heterocycles. The number of alkyl halides is 1. The molecule has 242 valence electrons. The fraction of sp³-hybridized carbons (Fsp3) is 0.600. The van der Waals surface area contributed by atoms with Gasteiger partial charge in [0, 0.05) is 28.9 Å². The number of aliphatic hydroxyl groups excluding tert-OH is 1. The van der Waals surface area contributed by atoms with Gasteiger partial charge in [0.05, 0.1) is 18.1 Å². The van der Waals surface area contributed by atoms with Crippen molar-refractivity contribution in [3.8, 4) is 0 Å². The summed E-state index contributed by atoms with van der Waals surface area (Å²) in [5.74, 6) is -4.56. The summed E-state index contributed by atoms with van der Waals surface area (Å²) in [6.07, 6.45) is 3.42. The van der Waals surface area contributed by atoms with Crippen molar-refractivity contribution in [3.05, 3.63) is 59.7 Å². The maximum absolute atomic E-state index is 17.6. The van der Waals surface area contributed by atoms with Gasteiger partial charge in [0.25, 0.3) is 5.91 Å². The SMILES string of the molecule is CC(CNC(=O)c1ccccc1)C(=O)OCC(=O)[C@@]12OC(C)(C)O[C@@H]1CC1C3CCC4=CC(=O)C=C[C@]4(C)[C@@]3(F)[C@@H](O)C[C@@]12C. The number of carbonyl (C=O) groups excluding carboxylic acids is 4. The minimum absolute atomic E-state index is 0.0165. The van der Waals surface area contributed by atoms with E-state index in [1.165, 1.54) is 12.2 Å². The second-order valence-electron chi connectivity index (χ2n) is 14.4. The average Bonchev–Trinajstić information content (AvgIpc) is 3.41. The third-order valence-electron chi connectivity index (χ3n) is 11.4. The fourth-order valence-electron chi connectivity index (χ4n) is 9.22. The molecule has 9 nitrogen and oxygen atoms in total. The van der Waals surface area contributed by atoms with Crippen LogP contribution < -0.4 is 5.32 Å². The molecular weight excluding hydrogens is 581 g/mol. The number of hydrogen-bond donors (Lipinski definition) is 2. The van der Waals surface area contributed by atoms with E-state index in [2.05, 4.69) is 5.32 Å². The molecule has 2 N–H and O–H groups in total. The summed E-state index contributed by atoms with van der Waals surface area (Å²) in [6, 6.07) is 8.61. The lowest BCUT2D eigenvalue weighted by Crippen LogP contribution is -2.70. The summed E-state index contributed by atoms with van der Waals surface area (Å²) in [5.41, 5.74) is -4.71. The van der Waals surface area contributed by atoms with Crippen LogP contribution in [0.3, 0.4) is 0 Å². The van der Waals surface area contributed by atoms with Crippen LogP contribution in [0.4, 0.5) is 4.39 Å². The van der Waals surface area contributed by atoms with E-state index in [0.29, 0.717) is 30.4 Å². The van der Waals surface area contributed by atoms with Crippen LogP contribution in [0.25, 0.3) is 0 Å². The van der Waals surface area contributed by atoms with E-state index < -0.39 is 70.3 Å². The number of Topliss-reactive ketones (excluding diaryl/α,β-unsaturated/α-hetero) is 1. The van der Waals surface area contributed by atoms with Crippen LogP contribution in [0, 0.1) is 28.6 Å². The maximum atomic E-state index is 17.6. The summed E-state index contributed by atoms with van der Waals surface area (Å²) >= 11 is 0. The molecule has 3 unspecified atom stereocenters. The van der Waals surface area contributed by atoms with Gasteiger partial charge in [-0.15, -0.1) is 0 Å². The number of benzene rings is 1. The lowest BCUT2D eigenvalue weighted by Gasteiger charge is -2.62. The van der Waals surface area contributed by atoms with Gasteiger partial charge in [0.15, 0.2) is 29.4 Å². The quantitative estimate of drug-likeness (QED) is 0.436. The Bertz CT molecular complexity index is 1490. The standard InChI is InChI=1S/C35H42FNO8/c1-20(18-37-29(41)21-9-7-6-8-10-21)30(42)43-19-27(40)35-28(44-31(2,3)45-35)16-25-24-12-11-22-15-23(38)13-14-32(22,4)34(24,36)26(39)17-33(25,35)5/h6-10,13-15,20,24-26,28,39H,11-12,16-19H2,1-5H3,(H,37,41)/t20?,24?,25?,26-,28+,32-,33-,34-,35+/m0/s1. The number of amides is 1. The number of hydrogen-bond acceptors (Lipinski definition) is 8. The summed E-state index contributed by atoms with van der Waals surface area (Å²) in [5, 5.41) is 14.4. The molecule has 1 aliphatic heterocycles. The molecule has 1 amide bonds. The predicted molar refractivity (Wildman–Crippen MR) is 160 cm³/mol. The van der Waals surface area contributed by atoms with Gasteiger partial charge >= 0.3 is 5.97 Å². The second kappa shape index (κ2) is 10.7. The summed E-state index contributed by atoms with van der Waals surface area (Å²) in [4.78, 5) is 51.8. The van der Waals surface area contributed by atoms with Crippen molar-refractivity contribution in [2.24, 2.45) is 28.6 Å². The first-order chi connectivity index (χ1) is 21.1. The van der Waals surface area contributed by atoms with Crippen molar-refractivity contribution in [3.63, 3.8) is 0 Å². The van der Waals surface area contributed by atoms with Crippen LogP contribution in [-0.2, 0) is 28.6 Å². The van der Waals surface area contributed by atoms with Gasteiger partial charge < -0.3 is 24.6 Å². The normalized spacial score (nSPS) is 39.9. The molecule has 4 aliphatic carbocycles. The number of rotatable bonds is 7. The topological polar surface area (TPSA) is 128 Å². The van der Waals surface area contributed by atoms with Crippen LogP contribution >= 0.6 is 0 Å². The number of fused-ring (bicyclic) bond motifs is 7. The van der Waals surface area contributed by atoms with E-state index in [9.17, 15) is 24.3 Å². The molecule has 0 radical (unpaired) electrons. The number of allylic oxidation sites excluding steroid dienone is 4. The van der Waals surface area contributed by atoms with Crippen LogP contribution in [0.1, 0.15) is 70.7 Å². The number of carbonyl (C=O) groups is 4. The minimum atomic E-state index is -2.07. The van der Waals surface area contributed by atoms with Gasteiger partial charge in [-0.2, -0.15) is 0 Å². The zero-order valence-corrected chi connectivity index (χ0v) is 26.4. The Labute approximate surface area is 262 Å². The van der Waals surface area contributed by atoms with E-state index in [4.69, 9.17) is 14.2 Å². The van der Waals surface area contributed by atoms with Crippen molar-refractivity contribution < 1.29 is 42.9 Å². The molecule has 6 rings (SSSR count). The number of ketones is 2. The zero-order valence-electron chi connectivity index (χ0n) is 26.4. The van der Waals surface area contributed by atoms with E-state index in [1.807, 2.05) is 6.92 Å². The van der Waals surface area contributed by atoms with E-state index in [-0.39, 0.29) is 30.6 Å². The van der Waals surface area contributed by atoms with Crippen molar-refractivity contribution in [1.29, 1.82) is 0 Å². The number of nitrogens with one attached hydrogen (secondary N) is 1. The molecule has 45 heavy (non-hydrogen) atoms. The molecule has 1 heterocycles. The number of aliphatic hydroxyl groups is 1. The highest BCUT2D eigenvalue weighted by Crippen LogP contribution is 2.72. The Morgan fingerprint density at radius 3 is 2.56 bits per heavy atom. The number of ether oxygens (including phenoxy) is 3. The molecule has 4 fully saturated rings. The van der Waals surface area contributed by atoms with Gasteiger partial charge in [0.1, 0.15) is 0 Å². The smallest absolute Gasteiger partial charge is 0.310 e. The molecular formula is C35H42FNO8. The molecule has 0 aromatic heterocycles. The Hall–Kier alpha value is -3.21. The minimum Gasteiger partial charge on any atom is -0.457 e. The van der Waals surface area contributed by atoms with Gasteiger partial charge in [-0.25, -0.2) is 4.39 Å². The van der Waals surface area contributed by atoms with Crippen LogP contribution in [-0.4, -0.2) is 71.0 Å². The largest absolute Gasteiger partial charge is 0.457 e. The van der Waals surface area contributed by atoms with Crippen molar-refractivity contribution in [2.75, 3.05) is 13.2 Å². The van der Waals surface area contributed by atoms with Crippen LogP contribution in [0.2, 0.25) is 0 Å². The Morgan fingerprint density at radius 1 is 1.13 bits per heavy atom. The van der Waals surface area contributed by atoms with Crippen molar-refractivity contribution in [1.82, 2.24) is 5.32 Å². The monoisotopic (exact) mass is 623 g/mol. The summed E-state index contributed by atoms with van der Waals surface area (Å²) in [6.45, 7) is 8.05. The highest BCUT2D eigenvalue weighted by molar-refractivity contribution is 6.01. The third-order valence-corrected chi connectivity index (χ3v) is 11.4. The highest BCUT2D eigenvalue weighted by Gasteiger charge is 2.80. The first kappa shape index (κ1) is 31.8. The Kier molecular flexibility index (Phi) is 7.53. The average molecular weight is 624 g/mol.